The maximum Gasteiger partial charge on any atom is 0.129 e. The van der Waals surface area contributed by atoms with Crippen LogP contribution in [0.1, 0.15) is 30.3 Å². The summed E-state index contributed by atoms with van der Waals surface area (Å²) in [7, 11) is 0. The van der Waals surface area contributed by atoms with Crippen LogP contribution in [0.15, 0.2) is 42.9 Å². The van der Waals surface area contributed by atoms with Gasteiger partial charge in [0.15, 0.2) is 0 Å². The van der Waals surface area contributed by atoms with E-state index in [0.29, 0.717) is 5.56 Å². The average Bonchev–Trinajstić information content (AvgIpc) is 2.46. The number of halogens is 1. The van der Waals surface area contributed by atoms with Gasteiger partial charge in [-0.15, -0.1) is 0 Å². The van der Waals surface area contributed by atoms with Crippen LogP contribution < -0.4 is 5.32 Å². The highest BCUT2D eigenvalue weighted by Crippen LogP contribution is 2.17. The molecule has 1 aromatic carbocycles. The second-order valence-corrected chi connectivity index (χ2v) is 4.30. The summed E-state index contributed by atoms with van der Waals surface area (Å²) in [5, 5.41) is 13.1. The van der Waals surface area contributed by atoms with Crippen LogP contribution in [0, 0.1) is 5.82 Å². The summed E-state index contributed by atoms with van der Waals surface area (Å²) < 4.78 is 13.5. The molecular formula is C14H16FN3O. The Bertz CT molecular complexity index is 521. The minimum atomic E-state index is -0.889. The van der Waals surface area contributed by atoms with E-state index in [-0.39, 0.29) is 12.6 Å². The topological polar surface area (TPSA) is 58.0 Å². The number of rotatable bonds is 5. The zero-order valence-corrected chi connectivity index (χ0v) is 10.6. The molecule has 2 unspecified atom stereocenters. The number of hydrogen-bond acceptors (Lipinski definition) is 4. The van der Waals surface area contributed by atoms with Crippen molar-refractivity contribution in [2.75, 3.05) is 6.54 Å². The van der Waals surface area contributed by atoms with Gasteiger partial charge in [-0.25, -0.2) is 4.39 Å². The molecule has 0 saturated heterocycles. The number of nitrogens with one attached hydrogen (secondary N) is 1. The molecule has 1 aromatic heterocycles. The highest BCUT2D eigenvalue weighted by atomic mass is 19.1. The van der Waals surface area contributed by atoms with Gasteiger partial charge in [-0.05, 0) is 13.0 Å². The highest BCUT2D eigenvalue weighted by Gasteiger charge is 2.14. The predicted molar refractivity (Wildman–Crippen MR) is 69.8 cm³/mol. The van der Waals surface area contributed by atoms with Gasteiger partial charge >= 0.3 is 0 Å². The van der Waals surface area contributed by atoms with E-state index in [2.05, 4.69) is 15.3 Å². The first kappa shape index (κ1) is 13.6. The Hall–Kier alpha value is -1.85. The van der Waals surface area contributed by atoms with Crippen molar-refractivity contribution in [3.8, 4) is 0 Å². The fourth-order valence-corrected chi connectivity index (χ4v) is 1.78. The first-order valence-electron chi connectivity index (χ1n) is 6.10. The SMILES string of the molecule is CC(NCC(O)c1ccccc1F)c1cnccn1. The first-order chi connectivity index (χ1) is 9.18. The molecule has 0 aliphatic carbocycles. The van der Waals surface area contributed by atoms with E-state index in [4.69, 9.17) is 0 Å². The van der Waals surface area contributed by atoms with E-state index in [1.807, 2.05) is 6.92 Å². The molecule has 0 spiro atoms. The molecule has 2 aromatic rings. The third kappa shape index (κ3) is 3.56. The molecule has 0 bridgehead atoms. The lowest BCUT2D eigenvalue weighted by molar-refractivity contribution is 0.166. The molecule has 0 saturated carbocycles. The molecule has 0 amide bonds. The second kappa shape index (κ2) is 6.36. The minimum absolute atomic E-state index is 0.0601. The monoisotopic (exact) mass is 261 g/mol. The molecule has 100 valence electrons. The van der Waals surface area contributed by atoms with Crippen molar-refractivity contribution in [2.24, 2.45) is 0 Å². The van der Waals surface area contributed by atoms with Gasteiger partial charge in [-0.1, -0.05) is 18.2 Å². The fraction of sp³-hybridized carbons (Fsp3) is 0.286. The molecule has 0 aliphatic rings. The maximum atomic E-state index is 13.5. The van der Waals surface area contributed by atoms with Gasteiger partial charge in [0.2, 0.25) is 0 Å². The van der Waals surface area contributed by atoms with Crippen LogP contribution in [0.2, 0.25) is 0 Å². The third-order valence-corrected chi connectivity index (χ3v) is 2.91. The normalized spacial score (nSPS) is 14.1. The lowest BCUT2D eigenvalue weighted by Crippen LogP contribution is -2.25. The lowest BCUT2D eigenvalue weighted by Gasteiger charge is -2.17. The van der Waals surface area contributed by atoms with Crippen molar-refractivity contribution in [1.29, 1.82) is 0 Å². The van der Waals surface area contributed by atoms with Crippen LogP contribution in [-0.4, -0.2) is 21.6 Å². The summed E-state index contributed by atoms with van der Waals surface area (Å²) in [6, 6.07) is 6.16. The van der Waals surface area contributed by atoms with E-state index >= 15 is 0 Å². The zero-order valence-electron chi connectivity index (χ0n) is 10.6. The van der Waals surface area contributed by atoms with Gasteiger partial charge in [0.25, 0.3) is 0 Å². The van der Waals surface area contributed by atoms with Crippen LogP contribution in [0.25, 0.3) is 0 Å². The van der Waals surface area contributed by atoms with Crippen molar-refractivity contribution < 1.29 is 9.50 Å². The summed E-state index contributed by atoms with van der Waals surface area (Å²) in [6.07, 6.45) is 3.98. The summed E-state index contributed by atoms with van der Waals surface area (Å²) in [6.45, 7) is 2.16. The number of aliphatic hydroxyl groups is 1. The van der Waals surface area contributed by atoms with E-state index in [0.717, 1.165) is 5.69 Å². The highest BCUT2D eigenvalue weighted by molar-refractivity contribution is 5.20. The van der Waals surface area contributed by atoms with E-state index < -0.39 is 11.9 Å². The Morgan fingerprint density at radius 2 is 2.11 bits per heavy atom. The van der Waals surface area contributed by atoms with Gasteiger partial charge in [-0.3, -0.25) is 9.97 Å². The predicted octanol–water partition coefficient (Wildman–Crippen LogP) is 2.00. The van der Waals surface area contributed by atoms with Crippen LogP contribution in [-0.2, 0) is 0 Å². The van der Waals surface area contributed by atoms with Crippen LogP contribution in [0.4, 0.5) is 4.39 Å². The van der Waals surface area contributed by atoms with Crippen LogP contribution in [0.5, 0.6) is 0 Å². The Morgan fingerprint density at radius 3 is 2.79 bits per heavy atom. The van der Waals surface area contributed by atoms with E-state index in [1.54, 1.807) is 36.8 Å². The van der Waals surface area contributed by atoms with Crippen LogP contribution >= 0.6 is 0 Å². The molecule has 5 heteroatoms. The largest absolute Gasteiger partial charge is 0.387 e. The summed E-state index contributed by atoms with van der Waals surface area (Å²) in [5.41, 5.74) is 1.07. The van der Waals surface area contributed by atoms with Crippen molar-refractivity contribution >= 4 is 0 Å². The molecule has 0 aliphatic heterocycles. The smallest absolute Gasteiger partial charge is 0.129 e. The fourth-order valence-electron chi connectivity index (χ4n) is 1.78. The second-order valence-electron chi connectivity index (χ2n) is 4.30. The van der Waals surface area contributed by atoms with Crippen molar-refractivity contribution in [3.63, 3.8) is 0 Å². The number of aliphatic hydroxyl groups excluding tert-OH is 1. The molecule has 4 nitrogen and oxygen atoms in total. The molecule has 2 rings (SSSR count). The van der Waals surface area contributed by atoms with Crippen molar-refractivity contribution in [3.05, 3.63) is 59.9 Å². The first-order valence-corrected chi connectivity index (χ1v) is 6.10. The van der Waals surface area contributed by atoms with Gasteiger partial charge in [-0.2, -0.15) is 0 Å². The Labute approximate surface area is 111 Å². The molecule has 2 N–H and O–H groups in total. The Morgan fingerprint density at radius 1 is 1.32 bits per heavy atom. The number of nitrogens with zero attached hydrogens (tertiary/aromatic N) is 2. The van der Waals surface area contributed by atoms with Crippen molar-refractivity contribution in [2.45, 2.75) is 19.1 Å². The number of benzene rings is 1. The van der Waals surface area contributed by atoms with Gasteiger partial charge in [0.05, 0.1) is 11.8 Å². The quantitative estimate of drug-likeness (QED) is 0.864. The lowest BCUT2D eigenvalue weighted by atomic mass is 10.1. The molecule has 0 radical (unpaired) electrons. The standard InChI is InChI=1S/C14H16FN3O/c1-10(13-8-16-6-7-17-13)18-9-14(19)11-4-2-3-5-12(11)15/h2-8,10,14,18-19H,9H2,1H3. The third-order valence-electron chi connectivity index (χ3n) is 2.91. The van der Waals surface area contributed by atoms with Gasteiger partial charge in [0.1, 0.15) is 5.82 Å². The number of hydrogen-bond donors (Lipinski definition) is 2. The van der Waals surface area contributed by atoms with E-state index in [9.17, 15) is 9.50 Å². The molecule has 19 heavy (non-hydrogen) atoms. The Kier molecular flexibility index (Phi) is 4.54. The maximum absolute atomic E-state index is 13.5. The molecular weight excluding hydrogens is 245 g/mol. The number of aromatic nitrogens is 2. The molecule has 2 atom stereocenters. The van der Waals surface area contributed by atoms with Crippen LogP contribution in [0.3, 0.4) is 0 Å². The van der Waals surface area contributed by atoms with Gasteiger partial charge < -0.3 is 10.4 Å². The summed E-state index contributed by atoms with van der Waals surface area (Å²) in [5.74, 6) is -0.399. The zero-order chi connectivity index (χ0) is 13.7. The average molecular weight is 261 g/mol. The summed E-state index contributed by atoms with van der Waals surface area (Å²) >= 11 is 0. The summed E-state index contributed by atoms with van der Waals surface area (Å²) in [4.78, 5) is 8.15. The molecule has 1 heterocycles. The van der Waals surface area contributed by atoms with Gasteiger partial charge in [0, 0.05) is 36.7 Å². The Balaban J connectivity index is 1.94. The minimum Gasteiger partial charge on any atom is -0.387 e. The van der Waals surface area contributed by atoms with Crippen molar-refractivity contribution in [1.82, 2.24) is 15.3 Å². The van der Waals surface area contributed by atoms with E-state index in [1.165, 1.54) is 6.07 Å². The molecule has 0 fully saturated rings.